The van der Waals surface area contributed by atoms with Gasteiger partial charge in [0.1, 0.15) is 11.3 Å². The molecule has 1 heterocycles. The van der Waals surface area contributed by atoms with E-state index < -0.39 is 5.97 Å². The van der Waals surface area contributed by atoms with Gasteiger partial charge in [-0.1, -0.05) is 28.1 Å². The van der Waals surface area contributed by atoms with Crippen LogP contribution in [0.1, 0.15) is 19.4 Å². The van der Waals surface area contributed by atoms with E-state index in [0.29, 0.717) is 11.4 Å². The number of aliphatic imine (C=N–C) groups is 1. The number of hydrogen-bond donors (Lipinski definition) is 1. The van der Waals surface area contributed by atoms with Crippen molar-refractivity contribution < 1.29 is 14.6 Å². The summed E-state index contributed by atoms with van der Waals surface area (Å²) in [5, 5.41) is 10.1. The van der Waals surface area contributed by atoms with Crippen LogP contribution in [0.5, 0.6) is 0 Å². The largest absolute Gasteiger partial charge is 0.505 e. The van der Waals surface area contributed by atoms with Gasteiger partial charge in [-0.2, -0.15) is 0 Å². The quantitative estimate of drug-likeness (QED) is 0.858. The van der Waals surface area contributed by atoms with Gasteiger partial charge in [0, 0.05) is 4.47 Å². The van der Waals surface area contributed by atoms with Crippen LogP contribution >= 0.6 is 15.9 Å². The van der Waals surface area contributed by atoms with Crippen LogP contribution in [0.4, 0.5) is 0 Å². The van der Waals surface area contributed by atoms with Gasteiger partial charge in [0.05, 0.1) is 12.3 Å². The Hall–Kier alpha value is -1.88. The second kappa shape index (κ2) is 6.05. The average Bonchev–Trinajstić information content (AvgIpc) is 2.67. The predicted octanol–water partition coefficient (Wildman–Crippen LogP) is 3.64. The zero-order valence-corrected chi connectivity index (χ0v) is 12.8. The van der Waals surface area contributed by atoms with Gasteiger partial charge in [-0.3, -0.25) is 0 Å². The molecule has 0 atom stereocenters. The summed E-state index contributed by atoms with van der Waals surface area (Å²) in [7, 11) is 0. The first-order valence-electron chi connectivity index (χ1n) is 6.16. The zero-order valence-electron chi connectivity index (χ0n) is 11.2. The van der Waals surface area contributed by atoms with Crippen LogP contribution in [0.3, 0.4) is 0 Å². The number of carbonyl (C=O) groups is 1. The fourth-order valence-corrected chi connectivity index (χ4v) is 2.12. The van der Waals surface area contributed by atoms with E-state index in [4.69, 9.17) is 4.74 Å². The molecule has 0 spiro atoms. The lowest BCUT2D eigenvalue weighted by Crippen LogP contribution is -2.13. The van der Waals surface area contributed by atoms with Crippen LogP contribution in [0.25, 0.3) is 6.08 Å². The van der Waals surface area contributed by atoms with E-state index in [2.05, 4.69) is 20.9 Å². The Kier molecular flexibility index (Phi) is 4.39. The fourth-order valence-electron chi connectivity index (χ4n) is 1.85. The molecular formula is C15H14BrNO3. The number of ether oxygens (including phenoxy) is 1. The highest BCUT2D eigenvalue weighted by Gasteiger charge is 2.27. The van der Waals surface area contributed by atoms with Crippen LogP contribution < -0.4 is 0 Å². The normalized spacial score (nSPS) is 16.6. The first-order valence-corrected chi connectivity index (χ1v) is 6.96. The van der Waals surface area contributed by atoms with Crippen molar-refractivity contribution in [2.24, 2.45) is 4.99 Å². The summed E-state index contributed by atoms with van der Waals surface area (Å²) in [5.74, 6) is -0.686. The molecule has 4 nitrogen and oxygen atoms in total. The predicted molar refractivity (Wildman–Crippen MR) is 81.5 cm³/mol. The third-order valence-electron chi connectivity index (χ3n) is 2.78. The number of benzene rings is 1. The van der Waals surface area contributed by atoms with E-state index in [-0.39, 0.29) is 17.9 Å². The Morgan fingerprint density at radius 3 is 2.65 bits per heavy atom. The molecule has 1 aliphatic rings. The lowest BCUT2D eigenvalue weighted by molar-refractivity contribution is -0.138. The summed E-state index contributed by atoms with van der Waals surface area (Å²) in [6, 6.07) is 7.56. The molecule has 1 aliphatic heterocycles. The molecule has 20 heavy (non-hydrogen) atoms. The maximum atomic E-state index is 11.8. The molecular weight excluding hydrogens is 322 g/mol. The number of aliphatic hydroxyl groups excluding tert-OH is 1. The summed E-state index contributed by atoms with van der Waals surface area (Å²) in [4.78, 5) is 16.0. The Bertz CT molecular complexity index is 627. The van der Waals surface area contributed by atoms with Crippen molar-refractivity contribution in [3.63, 3.8) is 0 Å². The highest BCUT2D eigenvalue weighted by molar-refractivity contribution is 9.10. The zero-order chi connectivity index (χ0) is 14.7. The molecule has 1 N–H and O–H groups in total. The lowest BCUT2D eigenvalue weighted by Gasteiger charge is -2.02. The van der Waals surface area contributed by atoms with Gasteiger partial charge in [0.15, 0.2) is 5.76 Å². The number of carbonyl (C=O) groups excluding carboxylic acids is 1. The van der Waals surface area contributed by atoms with Crippen molar-refractivity contribution in [1.29, 1.82) is 0 Å². The number of halogens is 1. The minimum atomic E-state index is -0.551. The lowest BCUT2D eigenvalue weighted by atomic mass is 10.1. The number of esters is 1. The molecule has 104 valence electrons. The third-order valence-corrected chi connectivity index (χ3v) is 3.31. The number of aliphatic hydroxyl groups is 1. The van der Waals surface area contributed by atoms with Gasteiger partial charge in [-0.05, 0) is 37.6 Å². The van der Waals surface area contributed by atoms with Gasteiger partial charge in [-0.15, -0.1) is 0 Å². The average molecular weight is 336 g/mol. The fraction of sp³-hybridized carbons (Fsp3) is 0.200. The van der Waals surface area contributed by atoms with Crippen LogP contribution in [0.15, 0.2) is 50.8 Å². The van der Waals surface area contributed by atoms with E-state index in [0.717, 1.165) is 10.0 Å². The Labute approximate surface area is 125 Å². The maximum Gasteiger partial charge on any atom is 0.343 e. The summed E-state index contributed by atoms with van der Waals surface area (Å²) in [6.07, 6.45) is 1.72. The third kappa shape index (κ3) is 2.99. The number of nitrogens with zero attached hydrogens (tertiary/aromatic N) is 1. The summed E-state index contributed by atoms with van der Waals surface area (Å²) in [6.45, 7) is 3.65. The van der Waals surface area contributed by atoms with Crippen LogP contribution in [0.2, 0.25) is 0 Å². The molecule has 0 bridgehead atoms. The molecule has 5 heteroatoms. The first-order chi connectivity index (χ1) is 9.52. The molecule has 0 aliphatic carbocycles. The van der Waals surface area contributed by atoms with E-state index >= 15 is 0 Å². The van der Waals surface area contributed by atoms with Crippen LogP contribution in [0, 0.1) is 0 Å². The van der Waals surface area contributed by atoms with E-state index in [1.807, 2.05) is 24.3 Å². The van der Waals surface area contributed by atoms with Crippen molar-refractivity contribution in [3.05, 3.63) is 51.3 Å². The minimum absolute atomic E-state index is 0.134. The summed E-state index contributed by atoms with van der Waals surface area (Å²) >= 11 is 3.36. The van der Waals surface area contributed by atoms with Gasteiger partial charge < -0.3 is 9.84 Å². The molecule has 0 saturated carbocycles. The van der Waals surface area contributed by atoms with Crippen molar-refractivity contribution in [1.82, 2.24) is 0 Å². The van der Waals surface area contributed by atoms with Crippen LogP contribution in [-0.2, 0) is 9.53 Å². The highest BCUT2D eigenvalue weighted by atomic mass is 79.9. The second-order valence-electron chi connectivity index (χ2n) is 4.22. The molecule has 0 radical (unpaired) electrons. The monoisotopic (exact) mass is 335 g/mol. The van der Waals surface area contributed by atoms with Crippen molar-refractivity contribution in [3.8, 4) is 0 Å². The second-order valence-corrected chi connectivity index (χ2v) is 5.14. The smallest absolute Gasteiger partial charge is 0.343 e. The van der Waals surface area contributed by atoms with E-state index in [1.165, 1.54) is 0 Å². The SMILES string of the molecule is CCOC(=O)C1=C(O)/C(=C\c2ccc(Br)cc2)N=C1C. The van der Waals surface area contributed by atoms with Gasteiger partial charge in [-0.25, -0.2) is 9.79 Å². The molecule has 0 fully saturated rings. The molecule has 0 saturated heterocycles. The van der Waals surface area contributed by atoms with E-state index in [1.54, 1.807) is 19.9 Å². The number of hydrogen-bond acceptors (Lipinski definition) is 4. The first kappa shape index (κ1) is 14.5. The molecule has 1 aromatic carbocycles. The minimum Gasteiger partial charge on any atom is -0.505 e. The van der Waals surface area contributed by atoms with Crippen LogP contribution in [-0.4, -0.2) is 23.4 Å². The Morgan fingerprint density at radius 2 is 2.05 bits per heavy atom. The summed E-state index contributed by atoms with van der Waals surface area (Å²) < 4.78 is 5.88. The molecule has 2 rings (SSSR count). The summed E-state index contributed by atoms with van der Waals surface area (Å²) in [5.41, 5.74) is 1.85. The topological polar surface area (TPSA) is 58.9 Å². The van der Waals surface area contributed by atoms with Gasteiger partial charge in [0.25, 0.3) is 0 Å². The standard InChI is InChI=1S/C15H14BrNO3/c1-3-20-15(19)13-9(2)17-12(14(13)18)8-10-4-6-11(16)7-5-10/h4-8,18H,3H2,1-2H3/b12-8+. The van der Waals surface area contributed by atoms with Crippen molar-refractivity contribution >= 4 is 33.7 Å². The maximum absolute atomic E-state index is 11.8. The van der Waals surface area contributed by atoms with Crippen molar-refractivity contribution in [2.45, 2.75) is 13.8 Å². The molecule has 1 aromatic rings. The molecule has 0 amide bonds. The number of rotatable bonds is 3. The van der Waals surface area contributed by atoms with Gasteiger partial charge in [0.2, 0.25) is 0 Å². The Morgan fingerprint density at radius 1 is 1.40 bits per heavy atom. The van der Waals surface area contributed by atoms with Crippen molar-refractivity contribution in [2.75, 3.05) is 6.61 Å². The van der Waals surface area contributed by atoms with Gasteiger partial charge >= 0.3 is 5.97 Å². The molecule has 0 unspecified atom stereocenters. The molecule has 0 aromatic heterocycles. The highest BCUT2D eigenvalue weighted by Crippen LogP contribution is 2.26. The Balaban J connectivity index is 2.35. The van der Waals surface area contributed by atoms with E-state index in [9.17, 15) is 9.90 Å².